The van der Waals surface area contributed by atoms with Gasteiger partial charge in [0.05, 0.1) is 10.6 Å². The predicted octanol–water partition coefficient (Wildman–Crippen LogP) is 1.18. The third-order valence-electron chi connectivity index (χ3n) is 2.40. The summed E-state index contributed by atoms with van der Waals surface area (Å²) in [5, 5.41) is 26.8. The number of aromatic nitrogens is 3. The number of rotatable bonds is 3. The largest absolute Gasteiger partial charge is 0.476 e. The summed E-state index contributed by atoms with van der Waals surface area (Å²) in [5.41, 5.74) is 0.0207. The van der Waals surface area contributed by atoms with E-state index in [0.29, 0.717) is 0 Å². The Morgan fingerprint density at radius 3 is 2.67 bits per heavy atom. The standard InChI is InChI=1S/C10H8N4O4/c1-6-9(10(15)16)11-12-13(6)7-4-2-3-5-8(7)14(17)18/h2-5H,1H3,(H,15,16). The van der Waals surface area contributed by atoms with Gasteiger partial charge in [-0.2, -0.15) is 0 Å². The molecule has 0 aliphatic carbocycles. The molecule has 0 fully saturated rings. The Hall–Kier alpha value is -2.77. The zero-order valence-electron chi connectivity index (χ0n) is 9.27. The maximum Gasteiger partial charge on any atom is 0.358 e. The first-order chi connectivity index (χ1) is 8.52. The molecule has 2 rings (SSSR count). The molecule has 0 aliphatic rings. The molecule has 1 heterocycles. The lowest BCUT2D eigenvalue weighted by Gasteiger charge is -2.03. The van der Waals surface area contributed by atoms with Crippen molar-refractivity contribution in [1.82, 2.24) is 15.0 Å². The molecule has 0 unspecified atom stereocenters. The molecule has 2 aromatic rings. The van der Waals surface area contributed by atoms with Gasteiger partial charge >= 0.3 is 5.97 Å². The lowest BCUT2D eigenvalue weighted by Crippen LogP contribution is -2.05. The minimum Gasteiger partial charge on any atom is -0.476 e. The van der Waals surface area contributed by atoms with Crippen molar-refractivity contribution in [2.75, 3.05) is 0 Å². The van der Waals surface area contributed by atoms with E-state index in [4.69, 9.17) is 5.11 Å². The van der Waals surface area contributed by atoms with Crippen LogP contribution in [0.4, 0.5) is 5.69 Å². The second kappa shape index (κ2) is 4.24. The molecule has 0 atom stereocenters. The summed E-state index contributed by atoms with van der Waals surface area (Å²) < 4.78 is 1.14. The van der Waals surface area contributed by atoms with Crippen LogP contribution in [0.5, 0.6) is 0 Å². The van der Waals surface area contributed by atoms with Gasteiger partial charge in [-0.15, -0.1) is 5.10 Å². The molecule has 1 N–H and O–H groups in total. The minimum absolute atomic E-state index is 0.164. The molecule has 8 nitrogen and oxygen atoms in total. The Bertz CT molecular complexity index is 635. The van der Waals surface area contributed by atoms with E-state index in [9.17, 15) is 14.9 Å². The number of aromatic carboxylic acids is 1. The van der Waals surface area contributed by atoms with E-state index < -0.39 is 10.9 Å². The van der Waals surface area contributed by atoms with Gasteiger partial charge in [0.15, 0.2) is 5.69 Å². The summed E-state index contributed by atoms with van der Waals surface area (Å²) in [7, 11) is 0. The molecule has 92 valence electrons. The molecule has 0 aliphatic heterocycles. The van der Waals surface area contributed by atoms with E-state index in [0.717, 1.165) is 4.68 Å². The maximum absolute atomic E-state index is 10.9. The summed E-state index contributed by atoms with van der Waals surface area (Å²) in [5.74, 6) is -1.22. The van der Waals surface area contributed by atoms with Crippen molar-refractivity contribution in [3.8, 4) is 5.69 Å². The van der Waals surface area contributed by atoms with Crippen LogP contribution < -0.4 is 0 Å². The Morgan fingerprint density at radius 2 is 2.11 bits per heavy atom. The maximum atomic E-state index is 10.9. The highest BCUT2D eigenvalue weighted by atomic mass is 16.6. The average Bonchev–Trinajstić information content (AvgIpc) is 2.71. The number of benzene rings is 1. The van der Waals surface area contributed by atoms with Crippen LogP contribution in [0.2, 0.25) is 0 Å². The van der Waals surface area contributed by atoms with Crippen molar-refractivity contribution < 1.29 is 14.8 Å². The second-order valence-electron chi connectivity index (χ2n) is 3.49. The van der Waals surface area contributed by atoms with Crippen molar-refractivity contribution in [3.63, 3.8) is 0 Å². The van der Waals surface area contributed by atoms with Gasteiger partial charge in [-0.3, -0.25) is 10.1 Å². The van der Waals surface area contributed by atoms with Crippen LogP contribution in [-0.4, -0.2) is 31.0 Å². The third kappa shape index (κ3) is 1.79. The van der Waals surface area contributed by atoms with Crippen LogP contribution in [0, 0.1) is 17.0 Å². The SMILES string of the molecule is Cc1c(C(=O)O)nnn1-c1ccccc1[N+](=O)[O-]. The molecule has 0 radical (unpaired) electrons. The van der Waals surface area contributed by atoms with Gasteiger partial charge in [0.1, 0.15) is 5.69 Å². The number of para-hydroxylation sites is 2. The monoisotopic (exact) mass is 248 g/mol. The molecular weight excluding hydrogens is 240 g/mol. The van der Waals surface area contributed by atoms with Gasteiger partial charge in [0.25, 0.3) is 5.69 Å². The summed E-state index contributed by atoms with van der Waals surface area (Å²) in [6.07, 6.45) is 0. The average molecular weight is 248 g/mol. The first kappa shape index (κ1) is 11.7. The number of hydrogen-bond acceptors (Lipinski definition) is 5. The number of nitro groups is 1. The molecule has 8 heteroatoms. The number of carboxylic acids is 1. The fraction of sp³-hybridized carbons (Fsp3) is 0.100. The zero-order valence-corrected chi connectivity index (χ0v) is 9.27. The highest BCUT2D eigenvalue weighted by molar-refractivity contribution is 5.86. The third-order valence-corrected chi connectivity index (χ3v) is 2.40. The number of nitrogens with zero attached hydrogens (tertiary/aromatic N) is 4. The van der Waals surface area contributed by atoms with Gasteiger partial charge in [-0.1, -0.05) is 17.3 Å². The van der Waals surface area contributed by atoms with E-state index >= 15 is 0 Å². The molecule has 18 heavy (non-hydrogen) atoms. The predicted molar refractivity (Wildman–Crippen MR) is 59.7 cm³/mol. The Labute approximate surface area is 101 Å². The van der Waals surface area contributed by atoms with Crippen LogP contribution in [0.3, 0.4) is 0 Å². The van der Waals surface area contributed by atoms with Crippen LogP contribution in [-0.2, 0) is 0 Å². The second-order valence-corrected chi connectivity index (χ2v) is 3.49. The van der Waals surface area contributed by atoms with Gasteiger partial charge in [0, 0.05) is 6.07 Å². The highest BCUT2D eigenvalue weighted by Gasteiger charge is 2.21. The Kier molecular flexibility index (Phi) is 2.76. The summed E-state index contributed by atoms with van der Waals surface area (Å²) >= 11 is 0. The van der Waals surface area contributed by atoms with E-state index in [1.807, 2.05) is 0 Å². The molecular formula is C10H8N4O4. The zero-order chi connectivity index (χ0) is 13.3. The van der Waals surface area contributed by atoms with E-state index in [2.05, 4.69) is 10.3 Å². The molecule has 0 spiro atoms. The molecule has 0 bridgehead atoms. The fourth-order valence-corrected chi connectivity index (χ4v) is 1.55. The normalized spacial score (nSPS) is 10.3. The van der Waals surface area contributed by atoms with Crippen molar-refractivity contribution in [3.05, 3.63) is 45.8 Å². The number of hydrogen-bond donors (Lipinski definition) is 1. The summed E-state index contributed by atoms with van der Waals surface area (Å²) in [4.78, 5) is 21.2. The number of nitro benzene ring substituents is 1. The first-order valence-electron chi connectivity index (χ1n) is 4.91. The van der Waals surface area contributed by atoms with Crippen molar-refractivity contribution in [2.24, 2.45) is 0 Å². The number of carboxylic acid groups (broad SMARTS) is 1. The fourth-order valence-electron chi connectivity index (χ4n) is 1.55. The van der Waals surface area contributed by atoms with Crippen LogP contribution in [0.25, 0.3) is 5.69 Å². The Morgan fingerprint density at radius 1 is 1.44 bits per heavy atom. The topological polar surface area (TPSA) is 111 Å². The molecule has 0 saturated heterocycles. The first-order valence-corrected chi connectivity index (χ1v) is 4.91. The van der Waals surface area contributed by atoms with Crippen LogP contribution in [0.1, 0.15) is 16.2 Å². The quantitative estimate of drug-likeness (QED) is 0.644. The van der Waals surface area contributed by atoms with E-state index in [1.54, 1.807) is 6.07 Å². The number of carbonyl (C=O) groups is 1. The van der Waals surface area contributed by atoms with Gasteiger partial charge in [-0.25, -0.2) is 9.48 Å². The summed E-state index contributed by atoms with van der Waals surface area (Å²) in [6.45, 7) is 1.49. The lowest BCUT2D eigenvalue weighted by molar-refractivity contribution is -0.384. The molecule has 0 amide bonds. The van der Waals surface area contributed by atoms with E-state index in [1.165, 1.54) is 25.1 Å². The smallest absolute Gasteiger partial charge is 0.358 e. The van der Waals surface area contributed by atoms with Gasteiger partial charge in [-0.05, 0) is 13.0 Å². The highest BCUT2D eigenvalue weighted by Crippen LogP contribution is 2.23. The van der Waals surface area contributed by atoms with Gasteiger partial charge in [0.2, 0.25) is 0 Å². The lowest BCUT2D eigenvalue weighted by atomic mass is 10.2. The molecule has 0 saturated carbocycles. The molecule has 1 aromatic carbocycles. The summed E-state index contributed by atoms with van der Waals surface area (Å²) in [6, 6.07) is 5.91. The van der Waals surface area contributed by atoms with Crippen molar-refractivity contribution >= 4 is 11.7 Å². The van der Waals surface area contributed by atoms with Crippen molar-refractivity contribution in [2.45, 2.75) is 6.92 Å². The van der Waals surface area contributed by atoms with Crippen LogP contribution in [0.15, 0.2) is 24.3 Å². The molecule has 1 aromatic heterocycles. The Balaban J connectivity index is 2.63. The van der Waals surface area contributed by atoms with Gasteiger partial charge < -0.3 is 5.11 Å². The van der Waals surface area contributed by atoms with Crippen molar-refractivity contribution in [1.29, 1.82) is 0 Å². The van der Waals surface area contributed by atoms with Crippen LogP contribution >= 0.6 is 0 Å². The minimum atomic E-state index is -1.22. The van der Waals surface area contributed by atoms with E-state index in [-0.39, 0.29) is 22.8 Å².